The van der Waals surface area contributed by atoms with Crippen LogP contribution >= 0.6 is 0 Å². The molecule has 21 heavy (non-hydrogen) atoms. The summed E-state index contributed by atoms with van der Waals surface area (Å²) < 4.78 is 1.87. The highest BCUT2D eigenvalue weighted by atomic mass is 16.1. The Hall–Kier alpha value is -2.36. The molecule has 0 aliphatic rings. The number of H-pyrrole nitrogens is 1. The first-order valence-electron chi connectivity index (χ1n) is 7.23. The zero-order valence-electron chi connectivity index (χ0n) is 12.6. The summed E-state index contributed by atoms with van der Waals surface area (Å²) in [6, 6.07) is 11.9. The molecule has 1 N–H and O–H groups in total. The van der Waals surface area contributed by atoms with Gasteiger partial charge in [0.2, 0.25) is 0 Å². The van der Waals surface area contributed by atoms with Gasteiger partial charge in [-0.05, 0) is 37.5 Å². The second kappa shape index (κ2) is 5.20. The number of para-hydroxylation sites is 1. The molecule has 2 heterocycles. The highest BCUT2D eigenvalue weighted by Crippen LogP contribution is 2.21. The molecule has 0 spiro atoms. The average Bonchev–Trinajstić information content (AvgIpc) is 2.77. The number of aromatic nitrogens is 3. The number of hydrogen-bond acceptors (Lipinski definition) is 2. The number of hydrogen-bond donors (Lipinski definition) is 1. The number of benzene rings is 1. The van der Waals surface area contributed by atoms with E-state index in [9.17, 15) is 4.79 Å². The molecule has 108 valence electrons. The van der Waals surface area contributed by atoms with Crippen molar-refractivity contribution < 1.29 is 0 Å². The summed E-state index contributed by atoms with van der Waals surface area (Å²) in [5.74, 6) is 0.452. The Balaban J connectivity index is 2.33. The summed E-state index contributed by atoms with van der Waals surface area (Å²) in [7, 11) is 0. The van der Waals surface area contributed by atoms with Gasteiger partial charge >= 0.3 is 0 Å². The first kappa shape index (κ1) is 13.6. The molecular weight excluding hydrogens is 262 g/mol. The van der Waals surface area contributed by atoms with Crippen molar-refractivity contribution in [2.24, 2.45) is 5.92 Å². The van der Waals surface area contributed by atoms with Crippen LogP contribution in [0.15, 0.2) is 41.2 Å². The van der Waals surface area contributed by atoms with E-state index in [-0.39, 0.29) is 5.56 Å². The van der Waals surface area contributed by atoms with Crippen LogP contribution in [0.5, 0.6) is 0 Å². The lowest BCUT2D eigenvalue weighted by molar-refractivity contribution is 0.631. The Labute approximate surface area is 123 Å². The molecule has 0 amide bonds. The third-order valence-corrected chi connectivity index (χ3v) is 3.49. The summed E-state index contributed by atoms with van der Waals surface area (Å²) >= 11 is 0. The van der Waals surface area contributed by atoms with E-state index in [0.717, 1.165) is 29.0 Å². The molecule has 0 fully saturated rings. The van der Waals surface area contributed by atoms with Crippen molar-refractivity contribution >= 4 is 10.9 Å². The fourth-order valence-electron chi connectivity index (χ4n) is 2.64. The summed E-state index contributed by atoms with van der Waals surface area (Å²) in [5.41, 5.74) is 3.51. The minimum atomic E-state index is -0.0529. The van der Waals surface area contributed by atoms with E-state index in [0.29, 0.717) is 11.3 Å². The molecule has 0 unspecified atom stereocenters. The molecule has 4 nitrogen and oxygen atoms in total. The molecule has 0 atom stereocenters. The van der Waals surface area contributed by atoms with Gasteiger partial charge in [0.05, 0.1) is 22.3 Å². The Morgan fingerprint density at radius 1 is 1.24 bits per heavy atom. The molecule has 0 radical (unpaired) electrons. The van der Waals surface area contributed by atoms with Gasteiger partial charge in [0, 0.05) is 5.69 Å². The monoisotopic (exact) mass is 281 g/mol. The highest BCUT2D eigenvalue weighted by Gasteiger charge is 2.16. The molecule has 0 saturated heterocycles. The summed E-state index contributed by atoms with van der Waals surface area (Å²) in [5, 5.41) is 5.40. The molecule has 0 aliphatic carbocycles. The highest BCUT2D eigenvalue weighted by molar-refractivity contribution is 5.83. The molecule has 2 aromatic heterocycles. The van der Waals surface area contributed by atoms with Gasteiger partial charge in [-0.15, -0.1) is 0 Å². The van der Waals surface area contributed by atoms with Crippen molar-refractivity contribution in [3.8, 4) is 5.69 Å². The normalized spacial score (nSPS) is 11.4. The van der Waals surface area contributed by atoms with Crippen LogP contribution in [0.2, 0.25) is 0 Å². The standard InChI is InChI=1S/C17H19N3O/c1-11(2)9-14-16-15(10-12(3)18-17(16)21)20(19-14)13-7-5-4-6-8-13/h4-8,10-11H,9H2,1-3H3,(H,18,21). The van der Waals surface area contributed by atoms with E-state index in [1.54, 1.807) is 0 Å². The number of nitrogens with one attached hydrogen (secondary N) is 1. The molecule has 0 saturated carbocycles. The number of nitrogens with zero attached hydrogens (tertiary/aromatic N) is 2. The van der Waals surface area contributed by atoms with Crippen molar-refractivity contribution in [2.75, 3.05) is 0 Å². The number of aryl methyl sites for hydroxylation is 1. The van der Waals surface area contributed by atoms with Crippen molar-refractivity contribution in [1.29, 1.82) is 0 Å². The lowest BCUT2D eigenvalue weighted by Gasteiger charge is -2.03. The van der Waals surface area contributed by atoms with Gasteiger partial charge in [-0.3, -0.25) is 4.79 Å². The summed E-state index contributed by atoms with van der Waals surface area (Å²) in [4.78, 5) is 15.2. The number of rotatable bonds is 3. The smallest absolute Gasteiger partial charge is 0.259 e. The third-order valence-electron chi connectivity index (χ3n) is 3.49. The number of pyridine rings is 1. The van der Waals surface area contributed by atoms with Crippen LogP contribution in [0.4, 0.5) is 0 Å². The second-order valence-corrected chi connectivity index (χ2v) is 5.83. The van der Waals surface area contributed by atoms with Gasteiger partial charge in [0.25, 0.3) is 5.56 Å². The van der Waals surface area contributed by atoms with Crippen LogP contribution in [0.25, 0.3) is 16.6 Å². The van der Waals surface area contributed by atoms with E-state index >= 15 is 0 Å². The van der Waals surface area contributed by atoms with Crippen molar-refractivity contribution in [3.63, 3.8) is 0 Å². The van der Waals surface area contributed by atoms with Crippen molar-refractivity contribution in [3.05, 3.63) is 58.1 Å². The molecule has 0 bridgehead atoms. The van der Waals surface area contributed by atoms with Crippen LogP contribution < -0.4 is 5.56 Å². The maximum atomic E-state index is 12.3. The maximum Gasteiger partial charge on any atom is 0.259 e. The van der Waals surface area contributed by atoms with Crippen molar-refractivity contribution in [1.82, 2.24) is 14.8 Å². The quantitative estimate of drug-likeness (QED) is 0.801. The van der Waals surface area contributed by atoms with Crippen LogP contribution in [0, 0.1) is 12.8 Å². The second-order valence-electron chi connectivity index (χ2n) is 5.83. The van der Waals surface area contributed by atoms with Crippen molar-refractivity contribution in [2.45, 2.75) is 27.2 Å². The van der Waals surface area contributed by atoms with Crippen LogP contribution in [0.3, 0.4) is 0 Å². The van der Waals surface area contributed by atoms with E-state index in [1.807, 2.05) is 48.0 Å². The van der Waals surface area contributed by atoms with Gasteiger partial charge in [-0.2, -0.15) is 5.10 Å². The SMILES string of the molecule is Cc1cc2c(c(CC(C)C)nn2-c2ccccc2)c(=O)[nH]1. The molecule has 1 aromatic carbocycles. The molecule has 0 aliphatic heterocycles. The number of aromatic amines is 1. The molecular formula is C17H19N3O. The largest absolute Gasteiger partial charge is 0.326 e. The first-order valence-corrected chi connectivity index (χ1v) is 7.23. The van der Waals surface area contributed by atoms with E-state index < -0.39 is 0 Å². The Morgan fingerprint density at radius 3 is 2.62 bits per heavy atom. The Morgan fingerprint density at radius 2 is 1.95 bits per heavy atom. The number of fused-ring (bicyclic) bond motifs is 1. The first-order chi connectivity index (χ1) is 10.1. The van der Waals surface area contributed by atoms with Crippen LogP contribution in [-0.4, -0.2) is 14.8 Å². The molecule has 3 aromatic rings. The van der Waals surface area contributed by atoms with Gasteiger partial charge in [0.1, 0.15) is 0 Å². The van der Waals surface area contributed by atoms with Crippen LogP contribution in [-0.2, 0) is 6.42 Å². The van der Waals surface area contributed by atoms with Gasteiger partial charge < -0.3 is 4.98 Å². The fourth-order valence-corrected chi connectivity index (χ4v) is 2.64. The van der Waals surface area contributed by atoms with E-state index in [1.165, 1.54) is 0 Å². The van der Waals surface area contributed by atoms with E-state index in [4.69, 9.17) is 5.10 Å². The average molecular weight is 281 g/mol. The fraction of sp³-hybridized carbons (Fsp3) is 0.294. The van der Waals surface area contributed by atoms with E-state index in [2.05, 4.69) is 18.8 Å². The molecule has 4 heteroatoms. The van der Waals surface area contributed by atoms with Crippen LogP contribution in [0.1, 0.15) is 25.2 Å². The summed E-state index contributed by atoms with van der Waals surface area (Å²) in [6.45, 7) is 6.16. The molecule has 3 rings (SSSR count). The third kappa shape index (κ3) is 2.49. The summed E-state index contributed by atoms with van der Waals surface area (Å²) in [6.07, 6.45) is 0.794. The topological polar surface area (TPSA) is 50.7 Å². The van der Waals surface area contributed by atoms with Gasteiger partial charge in [-0.1, -0.05) is 32.0 Å². The predicted octanol–water partition coefficient (Wildman–Crippen LogP) is 3.22. The zero-order valence-corrected chi connectivity index (χ0v) is 12.6. The maximum absolute atomic E-state index is 12.3. The van der Waals surface area contributed by atoms with Gasteiger partial charge in [0.15, 0.2) is 0 Å². The Kier molecular flexibility index (Phi) is 3.37. The lowest BCUT2D eigenvalue weighted by Crippen LogP contribution is -2.09. The minimum Gasteiger partial charge on any atom is -0.326 e. The zero-order chi connectivity index (χ0) is 15.0. The predicted molar refractivity (Wildman–Crippen MR) is 85.0 cm³/mol. The Bertz CT molecular complexity index is 828. The van der Waals surface area contributed by atoms with Gasteiger partial charge in [-0.25, -0.2) is 4.68 Å². The lowest BCUT2D eigenvalue weighted by atomic mass is 10.1. The minimum absolute atomic E-state index is 0.0529.